The summed E-state index contributed by atoms with van der Waals surface area (Å²) in [7, 11) is 0. The van der Waals surface area contributed by atoms with Crippen LogP contribution in [-0.4, -0.2) is 10.8 Å². The number of aromatic nitrogens is 1. The standard InChI is InChI=1S/C20H21ClF3NOS/c21-17-7-6-15(20(22,23)24)12-16(17)18(26)11-14-3-1-13(2-4-14)5-8-19-25-9-10-27-19/h6-7,9-10,12-14H,1-5,8,11H2. The second-order valence-electron chi connectivity index (χ2n) is 7.17. The Morgan fingerprint density at radius 2 is 1.89 bits per heavy atom. The Morgan fingerprint density at radius 1 is 1.19 bits per heavy atom. The van der Waals surface area contributed by atoms with E-state index in [9.17, 15) is 18.0 Å². The average molecular weight is 416 g/mol. The van der Waals surface area contributed by atoms with E-state index < -0.39 is 11.7 Å². The fourth-order valence-electron chi connectivity index (χ4n) is 3.72. The van der Waals surface area contributed by atoms with E-state index in [1.54, 1.807) is 11.3 Å². The van der Waals surface area contributed by atoms with Crippen molar-refractivity contribution in [3.8, 4) is 0 Å². The molecule has 0 spiro atoms. The highest BCUT2D eigenvalue weighted by Gasteiger charge is 2.32. The number of halogens is 4. The zero-order valence-corrected chi connectivity index (χ0v) is 16.3. The van der Waals surface area contributed by atoms with Gasteiger partial charge in [-0.15, -0.1) is 11.3 Å². The first-order valence-electron chi connectivity index (χ1n) is 9.11. The van der Waals surface area contributed by atoms with Crippen molar-refractivity contribution in [2.45, 2.75) is 51.1 Å². The van der Waals surface area contributed by atoms with Crippen molar-refractivity contribution >= 4 is 28.7 Å². The molecule has 0 aliphatic heterocycles. The molecule has 1 aromatic heterocycles. The summed E-state index contributed by atoms with van der Waals surface area (Å²) < 4.78 is 38.6. The molecule has 0 saturated heterocycles. The number of thiazole rings is 1. The molecule has 1 aliphatic carbocycles. The van der Waals surface area contributed by atoms with Crippen LogP contribution in [0.25, 0.3) is 0 Å². The molecular weight excluding hydrogens is 395 g/mol. The fraction of sp³-hybridized carbons (Fsp3) is 0.500. The van der Waals surface area contributed by atoms with Gasteiger partial charge >= 0.3 is 6.18 Å². The second kappa shape index (κ2) is 8.74. The number of hydrogen-bond acceptors (Lipinski definition) is 3. The van der Waals surface area contributed by atoms with Crippen molar-refractivity contribution < 1.29 is 18.0 Å². The summed E-state index contributed by atoms with van der Waals surface area (Å²) in [4.78, 5) is 16.8. The van der Waals surface area contributed by atoms with Gasteiger partial charge < -0.3 is 0 Å². The molecule has 2 aromatic rings. The molecule has 146 valence electrons. The van der Waals surface area contributed by atoms with E-state index in [1.165, 1.54) is 0 Å². The van der Waals surface area contributed by atoms with Gasteiger partial charge in [0.15, 0.2) is 5.78 Å². The highest BCUT2D eigenvalue weighted by Crippen LogP contribution is 2.36. The topological polar surface area (TPSA) is 30.0 Å². The molecule has 1 fully saturated rings. The number of hydrogen-bond donors (Lipinski definition) is 0. The van der Waals surface area contributed by atoms with Gasteiger partial charge in [0.2, 0.25) is 0 Å². The molecule has 1 heterocycles. The molecular formula is C20H21ClF3NOS. The summed E-state index contributed by atoms with van der Waals surface area (Å²) in [5.41, 5.74) is -0.849. The molecule has 27 heavy (non-hydrogen) atoms. The lowest BCUT2D eigenvalue weighted by Crippen LogP contribution is -2.18. The number of aryl methyl sites for hydroxylation is 1. The Hall–Kier alpha value is -1.40. The molecule has 0 bridgehead atoms. The third kappa shape index (κ3) is 5.55. The summed E-state index contributed by atoms with van der Waals surface area (Å²) in [5.74, 6) is 0.564. The monoisotopic (exact) mass is 415 g/mol. The third-order valence-corrected chi connectivity index (χ3v) is 6.45. The highest BCUT2D eigenvalue weighted by molar-refractivity contribution is 7.09. The molecule has 1 saturated carbocycles. The maximum absolute atomic E-state index is 12.9. The van der Waals surface area contributed by atoms with Crippen molar-refractivity contribution in [2.24, 2.45) is 11.8 Å². The van der Waals surface area contributed by atoms with Crippen LogP contribution in [0, 0.1) is 11.8 Å². The number of rotatable bonds is 6. The molecule has 3 rings (SSSR count). The van der Waals surface area contributed by atoms with Crippen molar-refractivity contribution in [3.05, 3.63) is 50.9 Å². The van der Waals surface area contributed by atoms with Gasteiger partial charge in [-0.05, 0) is 55.7 Å². The maximum Gasteiger partial charge on any atom is 0.416 e. The van der Waals surface area contributed by atoms with Gasteiger partial charge in [-0.2, -0.15) is 13.2 Å². The molecule has 0 amide bonds. The third-order valence-electron chi connectivity index (χ3n) is 5.28. The minimum atomic E-state index is -4.48. The van der Waals surface area contributed by atoms with Crippen LogP contribution in [-0.2, 0) is 12.6 Å². The van der Waals surface area contributed by atoms with Gasteiger partial charge in [0.1, 0.15) is 0 Å². The van der Waals surface area contributed by atoms with Gasteiger partial charge in [-0.1, -0.05) is 24.4 Å². The number of ketones is 1. The SMILES string of the molecule is O=C(CC1CCC(CCc2nccs2)CC1)c1cc(C(F)(F)F)ccc1Cl. The predicted molar refractivity (Wildman–Crippen MR) is 101 cm³/mol. The molecule has 0 N–H and O–H groups in total. The second-order valence-corrected chi connectivity index (χ2v) is 8.56. The Bertz CT molecular complexity index is 768. The summed E-state index contributed by atoms with van der Waals surface area (Å²) in [5, 5.41) is 3.23. The van der Waals surface area contributed by atoms with Gasteiger partial charge in [0.25, 0.3) is 0 Å². The lowest BCUT2D eigenvalue weighted by molar-refractivity contribution is -0.137. The maximum atomic E-state index is 12.9. The number of carbonyl (C=O) groups is 1. The van der Waals surface area contributed by atoms with E-state index in [4.69, 9.17) is 11.6 Å². The van der Waals surface area contributed by atoms with Crippen LogP contribution in [0.4, 0.5) is 13.2 Å². The zero-order chi connectivity index (χ0) is 19.4. The largest absolute Gasteiger partial charge is 0.416 e. The number of Topliss-reactive ketones (excluding diaryl/α,β-unsaturated/α-hetero) is 1. The van der Waals surface area contributed by atoms with E-state index in [0.29, 0.717) is 5.92 Å². The van der Waals surface area contributed by atoms with Gasteiger partial charge in [0, 0.05) is 23.6 Å². The van der Waals surface area contributed by atoms with Crippen LogP contribution in [0.1, 0.15) is 59.5 Å². The summed E-state index contributed by atoms with van der Waals surface area (Å²) >= 11 is 7.65. The first kappa shape index (κ1) is 20.3. The summed E-state index contributed by atoms with van der Waals surface area (Å²) in [6.07, 6.45) is 3.69. The lowest BCUT2D eigenvalue weighted by atomic mass is 9.77. The van der Waals surface area contributed by atoms with Crippen LogP contribution >= 0.6 is 22.9 Å². The van der Waals surface area contributed by atoms with Crippen molar-refractivity contribution in [1.29, 1.82) is 0 Å². The van der Waals surface area contributed by atoms with E-state index in [2.05, 4.69) is 4.98 Å². The normalized spacial score (nSPS) is 20.6. The predicted octanol–water partition coefficient (Wildman–Crippen LogP) is 6.83. The molecule has 2 nitrogen and oxygen atoms in total. The Labute approximate surface area is 165 Å². The summed E-state index contributed by atoms with van der Waals surface area (Å²) in [6, 6.07) is 2.95. The minimum absolute atomic E-state index is 0.0163. The quantitative estimate of drug-likeness (QED) is 0.484. The number of benzene rings is 1. The van der Waals surface area contributed by atoms with Crippen LogP contribution in [0.15, 0.2) is 29.8 Å². The number of alkyl halides is 3. The molecule has 0 radical (unpaired) electrons. The molecule has 1 aromatic carbocycles. The number of carbonyl (C=O) groups excluding carboxylic acids is 1. The van der Waals surface area contributed by atoms with Crippen molar-refractivity contribution in [1.82, 2.24) is 4.98 Å². The van der Waals surface area contributed by atoms with E-state index in [0.717, 1.165) is 61.7 Å². The smallest absolute Gasteiger partial charge is 0.294 e. The Morgan fingerprint density at radius 3 is 2.52 bits per heavy atom. The van der Waals surface area contributed by atoms with Crippen LogP contribution < -0.4 is 0 Å². The van der Waals surface area contributed by atoms with Crippen LogP contribution in [0.3, 0.4) is 0 Å². The van der Waals surface area contributed by atoms with Crippen molar-refractivity contribution in [2.75, 3.05) is 0 Å². The Kier molecular flexibility index (Phi) is 6.58. The lowest BCUT2D eigenvalue weighted by Gasteiger charge is -2.28. The zero-order valence-electron chi connectivity index (χ0n) is 14.8. The van der Waals surface area contributed by atoms with Gasteiger partial charge in [-0.25, -0.2) is 4.98 Å². The van der Waals surface area contributed by atoms with Crippen LogP contribution in [0.2, 0.25) is 5.02 Å². The first-order valence-corrected chi connectivity index (χ1v) is 10.4. The van der Waals surface area contributed by atoms with Crippen LogP contribution in [0.5, 0.6) is 0 Å². The molecule has 1 aliphatic rings. The molecule has 0 unspecified atom stereocenters. The van der Waals surface area contributed by atoms with Gasteiger partial charge in [0.05, 0.1) is 15.6 Å². The van der Waals surface area contributed by atoms with E-state index >= 15 is 0 Å². The van der Waals surface area contributed by atoms with Crippen molar-refractivity contribution in [3.63, 3.8) is 0 Å². The summed E-state index contributed by atoms with van der Waals surface area (Å²) in [6.45, 7) is 0. The van der Waals surface area contributed by atoms with E-state index in [-0.39, 0.29) is 28.7 Å². The number of nitrogens with zero attached hydrogens (tertiary/aromatic N) is 1. The van der Waals surface area contributed by atoms with E-state index in [1.807, 2.05) is 11.6 Å². The average Bonchev–Trinajstić information content (AvgIpc) is 3.14. The molecule has 7 heteroatoms. The first-order chi connectivity index (χ1) is 12.8. The minimum Gasteiger partial charge on any atom is -0.294 e. The highest BCUT2D eigenvalue weighted by atomic mass is 35.5. The Balaban J connectivity index is 1.52. The fourth-order valence-corrected chi connectivity index (χ4v) is 4.57. The van der Waals surface area contributed by atoms with Gasteiger partial charge in [-0.3, -0.25) is 4.79 Å². The molecule has 0 atom stereocenters.